The largest absolute Gasteiger partial charge is 0.381 e. The summed E-state index contributed by atoms with van der Waals surface area (Å²) in [5.41, 5.74) is 11.6. The summed E-state index contributed by atoms with van der Waals surface area (Å²) in [6, 6.07) is -0.907. The van der Waals surface area contributed by atoms with Gasteiger partial charge in [0.15, 0.2) is 0 Å². The van der Waals surface area contributed by atoms with Crippen molar-refractivity contribution in [2.75, 3.05) is 20.3 Å². The molecule has 0 spiro atoms. The summed E-state index contributed by atoms with van der Waals surface area (Å²) in [4.78, 5) is 27.2. The van der Waals surface area contributed by atoms with E-state index >= 15 is 0 Å². The highest BCUT2D eigenvalue weighted by Gasteiger charge is 2.46. The number of hydrogen-bond acceptors (Lipinski definition) is 4. The van der Waals surface area contributed by atoms with Gasteiger partial charge in [0.1, 0.15) is 12.7 Å². The second-order valence-electron chi connectivity index (χ2n) is 9.03. The Morgan fingerprint density at radius 1 is 1.07 bits per heavy atom. The molecule has 2 amide bonds. The van der Waals surface area contributed by atoms with Gasteiger partial charge in [0, 0.05) is 25.6 Å². The van der Waals surface area contributed by atoms with Gasteiger partial charge >= 0.3 is 0 Å². The summed E-state index contributed by atoms with van der Waals surface area (Å²) in [5.74, 6) is 0.341. The summed E-state index contributed by atoms with van der Waals surface area (Å²) in [6.07, 6.45) is 8.25. The first-order valence-corrected chi connectivity index (χ1v) is 10.9. The Morgan fingerprint density at radius 2 is 1.71 bits per heavy atom. The zero-order valence-electron chi connectivity index (χ0n) is 17.0. The number of nitrogens with two attached hydrogens (primary N) is 2. The monoisotopic (exact) mass is 397 g/mol. The number of likely N-dealkylation sites (tertiary alicyclic amines) is 1. The second kappa shape index (κ2) is 9.53. The predicted molar refractivity (Wildman–Crippen MR) is 105 cm³/mol. The first kappa shape index (κ1) is 21.5. The number of rotatable bonds is 6. The highest BCUT2D eigenvalue weighted by atomic mass is 19.1. The van der Waals surface area contributed by atoms with Gasteiger partial charge in [-0.2, -0.15) is 0 Å². The Morgan fingerprint density at radius 3 is 2.25 bits per heavy atom. The van der Waals surface area contributed by atoms with Crippen molar-refractivity contribution >= 4 is 11.8 Å². The zero-order valence-corrected chi connectivity index (χ0v) is 17.0. The minimum atomic E-state index is -0.508. The van der Waals surface area contributed by atoms with Crippen molar-refractivity contribution < 1.29 is 18.7 Å². The van der Waals surface area contributed by atoms with Crippen molar-refractivity contribution in [1.82, 2.24) is 4.90 Å². The highest BCUT2D eigenvalue weighted by Crippen LogP contribution is 2.41. The number of alkyl halides is 1. The van der Waals surface area contributed by atoms with E-state index in [4.69, 9.17) is 16.2 Å². The third-order valence-corrected chi connectivity index (χ3v) is 7.58. The van der Waals surface area contributed by atoms with Gasteiger partial charge in [0.2, 0.25) is 11.8 Å². The number of hydrogen-bond donors (Lipinski definition) is 2. The number of halogens is 1. The molecule has 3 atom stereocenters. The van der Waals surface area contributed by atoms with E-state index in [-0.39, 0.29) is 29.6 Å². The lowest BCUT2D eigenvalue weighted by molar-refractivity contribution is -0.143. The molecule has 0 aromatic carbocycles. The Labute approximate surface area is 167 Å². The maximum absolute atomic E-state index is 13.2. The van der Waals surface area contributed by atoms with E-state index in [2.05, 4.69) is 0 Å². The van der Waals surface area contributed by atoms with Crippen LogP contribution in [0, 0.1) is 23.7 Å². The number of carbonyl (C=O) groups excluding carboxylic acids is 2. The highest BCUT2D eigenvalue weighted by molar-refractivity contribution is 5.88. The summed E-state index contributed by atoms with van der Waals surface area (Å²) in [7, 11) is 1.75. The average Bonchev–Trinajstić information content (AvgIpc) is 3.18. The molecule has 1 saturated heterocycles. The van der Waals surface area contributed by atoms with Gasteiger partial charge in [-0.1, -0.05) is 0 Å². The molecule has 0 bridgehead atoms. The molecule has 3 fully saturated rings. The smallest absolute Gasteiger partial charge is 0.240 e. The van der Waals surface area contributed by atoms with Crippen LogP contribution in [0.3, 0.4) is 0 Å². The topological polar surface area (TPSA) is 98.7 Å². The minimum Gasteiger partial charge on any atom is -0.381 e. The van der Waals surface area contributed by atoms with Crippen LogP contribution in [0.1, 0.15) is 57.8 Å². The number of carbonyl (C=O) groups is 2. The van der Waals surface area contributed by atoms with Crippen molar-refractivity contribution in [1.29, 1.82) is 0 Å². The summed E-state index contributed by atoms with van der Waals surface area (Å²) >= 11 is 0. The first-order chi connectivity index (χ1) is 13.5. The number of amides is 2. The van der Waals surface area contributed by atoms with Gasteiger partial charge < -0.3 is 21.1 Å². The van der Waals surface area contributed by atoms with Crippen LogP contribution in [0.2, 0.25) is 0 Å². The molecule has 28 heavy (non-hydrogen) atoms. The molecule has 7 heteroatoms. The first-order valence-electron chi connectivity index (χ1n) is 10.9. The van der Waals surface area contributed by atoms with Crippen molar-refractivity contribution in [3.8, 4) is 0 Å². The third kappa shape index (κ3) is 4.51. The lowest BCUT2D eigenvalue weighted by Crippen LogP contribution is -2.50. The van der Waals surface area contributed by atoms with Gasteiger partial charge in [0.05, 0.1) is 6.10 Å². The molecule has 1 aliphatic heterocycles. The van der Waals surface area contributed by atoms with E-state index in [0.717, 1.165) is 57.8 Å². The summed E-state index contributed by atoms with van der Waals surface area (Å²) < 4.78 is 18.3. The maximum Gasteiger partial charge on any atom is 0.240 e. The van der Waals surface area contributed by atoms with E-state index < -0.39 is 18.8 Å². The van der Waals surface area contributed by atoms with Crippen LogP contribution < -0.4 is 11.5 Å². The van der Waals surface area contributed by atoms with Crippen molar-refractivity contribution in [2.45, 2.75) is 76.0 Å². The lowest BCUT2D eigenvalue weighted by atomic mass is 9.75. The SMILES string of the molecule is CO[C@H]1CC[C@H]([C@@H]2CCN(C(=O)[C@H]3CC[C@H]([C@H](N)CF)CC3)[C@@H]2C(N)=O)CC1. The molecule has 0 aromatic heterocycles. The van der Waals surface area contributed by atoms with E-state index in [1.807, 2.05) is 0 Å². The quantitative estimate of drug-likeness (QED) is 0.716. The molecule has 0 unspecified atom stereocenters. The fourth-order valence-electron chi connectivity index (χ4n) is 5.83. The van der Waals surface area contributed by atoms with Crippen LogP contribution in [0.25, 0.3) is 0 Å². The second-order valence-corrected chi connectivity index (χ2v) is 9.03. The van der Waals surface area contributed by atoms with Crippen LogP contribution in [0.15, 0.2) is 0 Å². The molecule has 0 radical (unpaired) electrons. The molecular formula is C21H36FN3O3. The fourth-order valence-corrected chi connectivity index (χ4v) is 5.83. The lowest BCUT2D eigenvalue weighted by Gasteiger charge is -2.37. The molecule has 1 heterocycles. The van der Waals surface area contributed by atoms with Gasteiger partial charge in [-0.3, -0.25) is 9.59 Å². The van der Waals surface area contributed by atoms with Crippen LogP contribution in [-0.2, 0) is 14.3 Å². The maximum atomic E-state index is 13.2. The predicted octanol–water partition coefficient (Wildman–Crippen LogP) is 2.00. The van der Waals surface area contributed by atoms with E-state index in [0.29, 0.717) is 18.6 Å². The average molecular weight is 398 g/mol. The van der Waals surface area contributed by atoms with Crippen LogP contribution in [-0.4, -0.2) is 55.2 Å². The minimum absolute atomic E-state index is 0.0594. The number of methoxy groups -OCH3 is 1. The van der Waals surface area contributed by atoms with Gasteiger partial charge in [-0.05, 0) is 75.5 Å². The molecule has 4 N–H and O–H groups in total. The van der Waals surface area contributed by atoms with Crippen molar-refractivity contribution in [3.05, 3.63) is 0 Å². The molecule has 3 rings (SSSR count). The Bertz CT molecular complexity index is 545. The molecule has 3 aliphatic rings. The molecule has 2 aliphatic carbocycles. The standard InChI is InChI=1S/C21H36FN3O3/c1-28-16-8-6-13(7-9-16)17-10-11-25(19(17)20(24)26)21(27)15-4-2-14(3-5-15)18(23)12-22/h13-19H,2-12,23H2,1H3,(H2,24,26)/t13-,14-,15-,16-,17-,18+,19-/m0/s1. The van der Waals surface area contributed by atoms with Crippen molar-refractivity contribution in [3.63, 3.8) is 0 Å². The van der Waals surface area contributed by atoms with E-state index in [9.17, 15) is 14.0 Å². The van der Waals surface area contributed by atoms with Crippen LogP contribution >= 0.6 is 0 Å². The Kier molecular flexibility index (Phi) is 7.31. The Balaban J connectivity index is 1.61. The molecule has 160 valence electrons. The van der Waals surface area contributed by atoms with E-state index in [1.54, 1.807) is 12.0 Å². The number of nitrogens with zero attached hydrogens (tertiary/aromatic N) is 1. The Hall–Kier alpha value is -1.21. The zero-order chi connectivity index (χ0) is 20.3. The van der Waals surface area contributed by atoms with Crippen molar-refractivity contribution in [2.24, 2.45) is 35.1 Å². The van der Waals surface area contributed by atoms with E-state index in [1.165, 1.54) is 0 Å². The molecule has 6 nitrogen and oxygen atoms in total. The van der Waals surface area contributed by atoms with Gasteiger partial charge in [-0.15, -0.1) is 0 Å². The molecule has 0 aromatic rings. The summed E-state index contributed by atoms with van der Waals surface area (Å²) in [5, 5.41) is 0. The fraction of sp³-hybridized carbons (Fsp3) is 0.905. The van der Waals surface area contributed by atoms with Crippen LogP contribution in [0.4, 0.5) is 4.39 Å². The number of primary amides is 1. The van der Waals surface area contributed by atoms with Crippen LogP contribution in [0.5, 0.6) is 0 Å². The normalized spacial score (nSPS) is 37.6. The third-order valence-electron chi connectivity index (χ3n) is 7.58. The molecule has 2 saturated carbocycles. The summed E-state index contributed by atoms with van der Waals surface area (Å²) in [6.45, 7) is 0.109. The number of ether oxygens (including phenoxy) is 1. The molecular weight excluding hydrogens is 361 g/mol. The van der Waals surface area contributed by atoms with Gasteiger partial charge in [0.25, 0.3) is 0 Å². The van der Waals surface area contributed by atoms with Gasteiger partial charge in [-0.25, -0.2) is 4.39 Å².